The Labute approximate surface area is 77.0 Å². The fraction of sp³-hybridized carbons (Fsp3) is 0.667. The zero-order valence-electron chi connectivity index (χ0n) is 7.03. The van der Waals surface area contributed by atoms with Gasteiger partial charge in [-0.3, -0.25) is 4.79 Å². The number of amides is 1. The van der Waals surface area contributed by atoms with Gasteiger partial charge < -0.3 is 4.90 Å². The van der Waals surface area contributed by atoms with E-state index in [1.165, 1.54) is 25.7 Å². The Morgan fingerprint density at radius 2 is 2.17 bits per heavy atom. The van der Waals surface area contributed by atoms with Crippen molar-refractivity contribution in [2.24, 2.45) is 0 Å². The predicted octanol–water partition coefficient (Wildman–Crippen LogP) is 1.98. The van der Waals surface area contributed by atoms with Crippen LogP contribution in [-0.2, 0) is 4.79 Å². The van der Waals surface area contributed by atoms with Gasteiger partial charge in [0.2, 0.25) is 5.91 Å². The number of carbonyl (C=O) groups excluding carboxylic acids is 1. The number of nitrogens with zero attached hydrogens (tertiary/aromatic N) is 1. The van der Waals surface area contributed by atoms with Crippen LogP contribution in [-0.4, -0.2) is 22.6 Å². The molecule has 66 valence electrons. The average Bonchev–Trinajstić information content (AvgIpc) is 2.57. The summed E-state index contributed by atoms with van der Waals surface area (Å²) in [6, 6.07) is 0.509. The van der Waals surface area contributed by atoms with Crippen LogP contribution in [0.3, 0.4) is 0 Å². The lowest BCUT2D eigenvalue weighted by Gasteiger charge is -2.27. The number of rotatable bonds is 1. The summed E-state index contributed by atoms with van der Waals surface area (Å²) in [6.07, 6.45) is 6.92. The van der Waals surface area contributed by atoms with Crippen molar-refractivity contribution in [1.29, 1.82) is 0 Å². The summed E-state index contributed by atoms with van der Waals surface area (Å²) in [7, 11) is 0. The fourth-order valence-corrected chi connectivity index (χ4v) is 2.50. The molecule has 2 rings (SSSR count). The molecule has 3 heteroatoms. The smallest absolute Gasteiger partial charge is 0.237 e. The van der Waals surface area contributed by atoms with Crippen LogP contribution in [0.25, 0.3) is 0 Å². The molecule has 1 aliphatic heterocycles. The molecule has 1 saturated carbocycles. The summed E-state index contributed by atoms with van der Waals surface area (Å²) in [5.74, 6) is 0.918. The Morgan fingerprint density at radius 3 is 2.83 bits per heavy atom. The molecule has 1 fully saturated rings. The zero-order chi connectivity index (χ0) is 8.39. The van der Waals surface area contributed by atoms with E-state index >= 15 is 0 Å². The number of hydrogen-bond donors (Lipinski definition) is 0. The Kier molecular flexibility index (Phi) is 2.40. The standard InChI is InChI=1S/C9H13NOS/c11-9-7-12-6-5-10(9)8-3-1-2-4-8/h5-6,8H,1-4,7H2. The van der Waals surface area contributed by atoms with Gasteiger partial charge in [-0.2, -0.15) is 0 Å². The van der Waals surface area contributed by atoms with Gasteiger partial charge in [0.1, 0.15) is 0 Å². The van der Waals surface area contributed by atoms with Crippen LogP contribution >= 0.6 is 11.8 Å². The Balaban J connectivity index is 2.04. The summed E-state index contributed by atoms with van der Waals surface area (Å²) in [5, 5.41) is 2.03. The third kappa shape index (κ3) is 1.51. The van der Waals surface area contributed by atoms with Gasteiger partial charge in [-0.1, -0.05) is 12.8 Å². The second-order valence-electron chi connectivity index (χ2n) is 3.34. The van der Waals surface area contributed by atoms with Crippen molar-refractivity contribution >= 4 is 17.7 Å². The molecule has 0 aromatic heterocycles. The largest absolute Gasteiger partial charge is 0.315 e. The molecule has 0 radical (unpaired) electrons. The monoisotopic (exact) mass is 183 g/mol. The van der Waals surface area contributed by atoms with E-state index in [-0.39, 0.29) is 5.91 Å². The number of thioether (sulfide) groups is 1. The first-order chi connectivity index (χ1) is 5.88. The van der Waals surface area contributed by atoms with E-state index in [2.05, 4.69) is 0 Å². The van der Waals surface area contributed by atoms with E-state index in [9.17, 15) is 4.79 Å². The summed E-state index contributed by atoms with van der Waals surface area (Å²) >= 11 is 1.59. The van der Waals surface area contributed by atoms with Crippen LogP contribution in [0.2, 0.25) is 0 Å². The van der Waals surface area contributed by atoms with Crippen molar-refractivity contribution in [3.63, 3.8) is 0 Å². The molecule has 1 amide bonds. The molecule has 2 nitrogen and oxygen atoms in total. The second kappa shape index (κ2) is 3.52. The van der Waals surface area contributed by atoms with Crippen molar-refractivity contribution in [3.05, 3.63) is 11.6 Å². The van der Waals surface area contributed by atoms with Gasteiger partial charge in [0.25, 0.3) is 0 Å². The molecule has 1 aliphatic carbocycles. The SMILES string of the molecule is O=C1CSC=CN1C1CCCC1. The van der Waals surface area contributed by atoms with E-state index in [1.54, 1.807) is 11.8 Å². The van der Waals surface area contributed by atoms with Gasteiger partial charge in [-0.25, -0.2) is 0 Å². The number of hydrogen-bond acceptors (Lipinski definition) is 2. The molecule has 0 aromatic rings. The van der Waals surface area contributed by atoms with Crippen molar-refractivity contribution in [3.8, 4) is 0 Å². The van der Waals surface area contributed by atoms with Gasteiger partial charge in [0, 0.05) is 12.2 Å². The lowest BCUT2D eigenvalue weighted by atomic mass is 10.2. The first kappa shape index (κ1) is 8.17. The van der Waals surface area contributed by atoms with Crippen LogP contribution in [0.1, 0.15) is 25.7 Å². The third-order valence-electron chi connectivity index (χ3n) is 2.53. The molecular weight excluding hydrogens is 170 g/mol. The molecular formula is C9H13NOS. The Morgan fingerprint density at radius 1 is 1.42 bits per heavy atom. The predicted molar refractivity (Wildman–Crippen MR) is 50.7 cm³/mol. The molecule has 0 bridgehead atoms. The highest BCUT2D eigenvalue weighted by atomic mass is 32.2. The van der Waals surface area contributed by atoms with Gasteiger partial charge in [-0.15, -0.1) is 11.8 Å². The first-order valence-corrected chi connectivity index (χ1v) is 5.52. The molecule has 12 heavy (non-hydrogen) atoms. The van der Waals surface area contributed by atoms with Gasteiger partial charge in [0.05, 0.1) is 5.75 Å². The molecule has 2 aliphatic rings. The average molecular weight is 183 g/mol. The Bertz CT molecular complexity index is 209. The molecule has 0 saturated heterocycles. The van der Waals surface area contributed by atoms with Crippen molar-refractivity contribution < 1.29 is 4.79 Å². The van der Waals surface area contributed by atoms with Crippen molar-refractivity contribution in [2.45, 2.75) is 31.7 Å². The molecule has 0 aromatic carbocycles. The Hall–Kier alpha value is -0.440. The summed E-state index contributed by atoms with van der Waals surface area (Å²) in [4.78, 5) is 13.4. The van der Waals surface area contributed by atoms with E-state index in [0.717, 1.165) is 0 Å². The summed E-state index contributed by atoms with van der Waals surface area (Å²) < 4.78 is 0. The molecule has 0 atom stereocenters. The van der Waals surface area contributed by atoms with Gasteiger partial charge >= 0.3 is 0 Å². The quantitative estimate of drug-likeness (QED) is 0.619. The lowest BCUT2D eigenvalue weighted by Crippen LogP contribution is -2.36. The minimum atomic E-state index is 0.286. The topological polar surface area (TPSA) is 20.3 Å². The summed E-state index contributed by atoms with van der Waals surface area (Å²) in [5.41, 5.74) is 0. The van der Waals surface area contributed by atoms with Crippen LogP contribution in [0, 0.1) is 0 Å². The summed E-state index contributed by atoms with van der Waals surface area (Å²) in [6.45, 7) is 0. The minimum absolute atomic E-state index is 0.286. The van der Waals surface area contributed by atoms with Crippen LogP contribution in [0.4, 0.5) is 0 Å². The van der Waals surface area contributed by atoms with Gasteiger partial charge in [0.15, 0.2) is 0 Å². The molecule has 0 spiro atoms. The van der Waals surface area contributed by atoms with E-state index in [1.807, 2.05) is 16.5 Å². The third-order valence-corrected chi connectivity index (χ3v) is 3.26. The van der Waals surface area contributed by atoms with Crippen LogP contribution < -0.4 is 0 Å². The number of carbonyl (C=O) groups is 1. The van der Waals surface area contributed by atoms with Crippen molar-refractivity contribution in [2.75, 3.05) is 5.75 Å². The highest BCUT2D eigenvalue weighted by molar-refractivity contribution is 8.02. The van der Waals surface area contributed by atoms with Gasteiger partial charge in [-0.05, 0) is 18.2 Å². The highest BCUT2D eigenvalue weighted by Crippen LogP contribution is 2.26. The van der Waals surface area contributed by atoms with Crippen LogP contribution in [0.5, 0.6) is 0 Å². The lowest BCUT2D eigenvalue weighted by molar-refractivity contribution is -0.127. The highest BCUT2D eigenvalue weighted by Gasteiger charge is 2.25. The maximum atomic E-state index is 11.4. The maximum Gasteiger partial charge on any atom is 0.237 e. The fourth-order valence-electron chi connectivity index (χ4n) is 1.89. The second-order valence-corrected chi connectivity index (χ2v) is 4.23. The zero-order valence-corrected chi connectivity index (χ0v) is 7.85. The molecule has 1 heterocycles. The maximum absolute atomic E-state index is 11.4. The van der Waals surface area contributed by atoms with Crippen LogP contribution in [0.15, 0.2) is 11.6 Å². The van der Waals surface area contributed by atoms with Crippen molar-refractivity contribution in [1.82, 2.24) is 4.90 Å². The van der Waals surface area contributed by atoms with E-state index in [0.29, 0.717) is 11.8 Å². The molecule has 0 N–H and O–H groups in total. The molecule has 0 unspecified atom stereocenters. The van der Waals surface area contributed by atoms with E-state index < -0.39 is 0 Å². The first-order valence-electron chi connectivity index (χ1n) is 4.47. The normalized spacial score (nSPS) is 25.3. The minimum Gasteiger partial charge on any atom is -0.315 e. The van der Waals surface area contributed by atoms with E-state index in [4.69, 9.17) is 0 Å².